The minimum Gasteiger partial charge on any atom is -0.493 e. The second-order valence-electron chi connectivity index (χ2n) is 9.42. The lowest BCUT2D eigenvalue weighted by molar-refractivity contribution is -0.136. The summed E-state index contributed by atoms with van der Waals surface area (Å²) < 4.78 is 34.7. The Kier molecular flexibility index (Phi) is 8.78. The number of carbonyl (C=O) groups excluding carboxylic acids is 1. The molecule has 0 aliphatic carbocycles. The molecular formula is C26H32FNO7. The standard InChI is InChI=1S/C18H25NO5.C8H7FO2/c1-18(2,3)24-17(20)19-8-4-5-13(10-19)11-21-14-6-7-15-16(9-14)23-12-22-15;9-7-4-2-1-3-6(7)5-8(10)11/h6-7,9,13H,4-5,8,10-12H2,1-3H3;1-4H,5H2,(H,10,11). The number of hydrogen-bond donors (Lipinski definition) is 1. The zero-order chi connectivity index (χ0) is 25.4. The summed E-state index contributed by atoms with van der Waals surface area (Å²) >= 11 is 0. The molecule has 1 saturated heterocycles. The Balaban J connectivity index is 0.000000261. The molecule has 190 valence electrons. The van der Waals surface area contributed by atoms with Crippen molar-refractivity contribution in [1.29, 1.82) is 0 Å². The van der Waals surface area contributed by atoms with Crippen LogP contribution < -0.4 is 14.2 Å². The second-order valence-corrected chi connectivity index (χ2v) is 9.42. The fourth-order valence-corrected chi connectivity index (χ4v) is 3.68. The van der Waals surface area contributed by atoms with Crippen LogP contribution in [0.1, 0.15) is 39.2 Å². The van der Waals surface area contributed by atoms with E-state index in [9.17, 15) is 14.0 Å². The first kappa shape index (κ1) is 26.1. The average molecular weight is 490 g/mol. The zero-order valence-corrected chi connectivity index (χ0v) is 20.3. The number of carboxylic acids is 1. The first-order valence-electron chi connectivity index (χ1n) is 11.6. The Morgan fingerprint density at radius 2 is 1.89 bits per heavy atom. The molecule has 0 saturated carbocycles. The largest absolute Gasteiger partial charge is 0.493 e. The lowest BCUT2D eigenvalue weighted by atomic mass is 9.99. The highest BCUT2D eigenvalue weighted by Gasteiger charge is 2.28. The molecule has 0 aromatic heterocycles. The Hall–Kier alpha value is -3.49. The molecule has 0 radical (unpaired) electrons. The van der Waals surface area contributed by atoms with E-state index in [1.165, 1.54) is 18.2 Å². The van der Waals surface area contributed by atoms with Crippen molar-refractivity contribution in [3.8, 4) is 17.2 Å². The topological polar surface area (TPSA) is 94.5 Å². The van der Waals surface area contributed by atoms with Gasteiger partial charge in [0.1, 0.15) is 17.2 Å². The molecule has 2 aromatic carbocycles. The van der Waals surface area contributed by atoms with Gasteiger partial charge in [0.2, 0.25) is 6.79 Å². The Bertz CT molecular complexity index is 1020. The van der Waals surface area contributed by atoms with Gasteiger partial charge in [0.25, 0.3) is 0 Å². The maximum Gasteiger partial charge on any atom is 0.410 e. The Labute approximate surface area is 204 Å². The summed E-state index contributed by atoms with van der Waals surface area (Å²) in [5.41, 5.74) is -0.243. The van der Waals surface area contributed by atoms with E-state index >= 15 is 0 Å². The van der Waals surface area contributed by atoms with Gasteiger partial charge < -0.3 is 29.0 Å². The number of piperidine rings is 1. The van der Waals surface area contributed by atoms with Crippen LogP contribution in [0, 0.1) is 11.7 Å². The fraction of sp³-hybridized carbons (Fsp3) is 0.462. The van der Waals surface area contributed by atoms with Crippen LogP contribution in [0.15, 0.2) is 42.5 Å². The predicted molar refractivity (Wildman–Crippen MR) is 126 cm³/mol. The van der Waals surface area contributed by atoms with Crippen LogP contribution in [0.4, 0.5) is 9.18 Å². The number of hydrogen-bond acceptors (Lipinski definition) is 6. The number of halogens is 1. The molecule has 2 aliphatic heterocycles. The number of carboxylic acid groups (broad SMARTS) is 1. The molecule has 0 spiro atoms. The molecule has 35 heavy (non-hydrogen) atoms. The summed E-state index contributed by atoms with van der Waals surface area (Å²) in [5, 5.41) is 8.32. The van der Waals surface area contributed by atoms with Crippen LogP contribution in [-0.2, 0) is 16.0 Å². The number of likely N-dealkylation sites (tertiary alicyclic amines) is 1. The van der Waals surface area contributed by atoms with E-state index < -0.39 is 17.4 Å². The minimum atomic E-state index is -1.02. The smallest absolute Gasteiger partial charge is 0.410 e. The van der Waals surface area contributed by atoms with Crippen LogP contribution in [0.5, 0.6) is 17.2 Å². The van der Waals surface area contributed by atoms with Crippen molar-refractivity contribution in [2.75, 3.05) is 26.5 Å². The predicted octanol–water partition coefficient (Wildman–Crippen LogP) is 4.89. The van der Waals surface area contributed by atoms with E-state index in [-0.39, 0.29) is 24.9 Å². The van der Waals surface area contributed by atoms with Crippen LogP contribution in [0.2, 0.25) is 0 Å². The average Bonchev–Trinajstić information content (AvgIpc) is 3.26. The number of ether oxygens (including phenoxy) is 4. The SMILES string of the molecule is CC(C)(C)OC(=O)N1CCCC(COc2ccc3c(c2)OCO3)C1.O=C(O)Cc1ccccc1F. The van der Waals surface area contributed by atoms with Crippen LogP contribution >= 0.6 is 0 Å². The van der Waals surface area contributed by atoms with Crippen molar-refractivity contribution < 1.29 is 38.0 Å². The summed E-state index contributed by atoms with van der Waals surface area (Å²) in [7, 11) is 0. The van der Waals surface area contributed by atoms with Gasteiger partial charge in [-0.15, -0.1) is 0 Å². The van der Waals surface area contributed by atoms with Crippen molar-refractivity contribution in [2.45, 2.75) is 45.6 Å². The van der Waals surface area contributed by atoms with Crippen molar-refractivity contribution in [3.05, 3.63) is 53.8 Å². The highest BCUT2D eigenvalue weighted by molar-refractivity contribution is 5.70. The van der Waals surface area contributed by atoms with Gasteiger partial charge in [0, 0.05) is 25.1 Å². The summed E-state index contributed by atoms with van der Waals surface area (Å²) in [5.74, 6) is 1.04. The van der Waals surface area contributed by atoms with E-state index in [4.69, 9.17) is 24.1 Å². The second kappa shape index (κ2) is 11.8. The third-order valence-corrected chi connectivity index (χ3v) is 5.30. The fourth-order valence-electron chi connectivity index (χ4n) is 3.68. The van der Waals surface area contributed by atoms with Crippen molar-refractivity contribution in [2.24, 2.45) is 5.92 Å². The van der Waals surface area contributed by atoms with Gasteiger partial charge in [0.05, 0.1) is 13.0 Å². The summed E-state index contributed by atoms with van der Waals surface area (Å²) in [6.07, 6.45) is 1.51. The van der Waals surface area contributed by atoms with Crippen molar-refractivity contribution >= 4 is 12.1 Å². The van der Waals surface area contributed by atoms with E-state index in [1.807, 2.05) is 39.0 Å². The molecular weight excluding hydrogens is 457 g/mol. The third kappa shape index (κ3) is 8.35. The maximum atomic E-state index is 12.7. The van der Waals surface area contributed by atoms with Gasteiger partial charge in [-0.3, -0.25) is 4.79 Å². The summed E-state index contributed by atoms with van der Waals surface area (Å²) in [6.45, 7) is 7.89. The maximum absolute atomic E-state index is 12.7. The molecule has 9 heteroatoms. The first-order chi connectivity index (χ1) is 16.6. The van der Waals surface area contributed by atoms with Gasteiger partial charge in [-0.25, -0.2) is 9.18 Å². The number of benzene rings is 2. The molecule has 0 bridgehead atoms. The number of fused-ring (bicyclic) bond motifs is 1. The van der Waals surface area contributed by atoms with Gasteiger partial charge >= 0.3 is 12.1 Å². The molecule has 1 fully saturated rings. The van der Waals surface area contributed by atoms with E-state index in [0.717, 1.165) is 30.9 Å². The molecule has 8 nitrogen and oxygen atoms in total. The van der Waals surface area contributed by atoms with Gasteiger partial charge in [-0.2, -0.15) is 0 Å². The third-order valence-electron chi connectivity index (χ3n) is 5.30. The summed E-state index contributed by atoms with van der Waals surface area (Å²) in [6, 6.07) is 11.4. The van der Waals surface area contributed by atoms with E-state index in [2.05, 4.69) is 0 Å². The first-order valence-corrected chi connectivity index (χ1v) is 11.6. The molecule has 1 atom stereocenters. The Morgan fingerprint density at radius 1 is 1.14 bits per heavy atom. The van der Waals surface area contributed by atoms with Gasteiger partial charge in [0.15, 0.2) is 11.5 Å². The molecule has 2 aliphatic rings. The number of carbonyl (C=O) groups is 2. The number of aliphatic carboxylic acids is 1. The quantitative estimate of drug-likeness (QED) is 0.639. The normalized spacial score (nSPS) is 16.7. The van der Waals surface area contributed by atoms with E-state index in [0.29, 0.717) is 24.8 Å². The number of amides is 1. The molecule has 2 heterocycles. The molecule has 2 aromatic rings. The highest BCUT2D eigenvalue weighted by atomic mass is 19.1. The molecule has 1 N–H and O–H groups in total. The van der Waals surface area contributed by atoms with Gasteiger partial charge in [-0.05, 0) is 57.4 Å². The van der Waals surface area contributed by atoms with Crippen LogP contribution in [0.25, 0.3) is 0 Å². The molecule has 1 unspecified atom stereocenters. The highest BCUT2D eigenvalue weighted by Crippen LogP contribution is 2.35. The minimum absolute atomic E-state index is 0.222. The van der Waals surface area contributed by atoms with E-state index in [1.54, 1.807) is 11.0 Å². The monoisotopic (exact) mass is 489 g/mol. The number of nitrogens with zero attached hydrogens (tertiary/aromatic N) is 1. The Morgan fingerprint density at radius 3 is 2.60 bits per heavy atom. The summed E-state index contributed by atoms with van der Waals surface area (Å²) in [4.78, 5) is 24.1. The van der Waals surface area contributed by atoms with Crippen LogP contribution in [-0.4, -0.2) is 54.2 Å². The lowest BCUT2D eigenvalue weighted by Gasteiger charge is -2.34. The molecule has 1 amide bonds. The number of rotatable bonds is 5. The zero-order valence-electron chi connectivity index (χ0n) is 20.3. The molecule has 4 rings (SSSR count). The van der Waals surface area contributed by atoms with Crippen LogP contribution in [0.3, 0.4) is 0 Å². The lowest BCUT2D eigenvalue weighted by Crippen LogP contribution is -2.44. The van der Waals surface area contributed by atoms with Crippen molar-refractivity contribution in [1.82, 2.24) is 4.90 Å². The van der Waals surface area contributed by atoms with Gasteiger partial charge in [-0.1, -0.05) is 18.2 Å². The van der Waals surface area contributed by atoms with Crippen molar-refractivity contribution in [3.63, 3.8) is 0 Å².